The van der Waals surface area contributed by atoms with Crippen LogP contribution in [0.15, 0.2) is 48.5 Å². The van der Waals surface area contributed by atoms with E-state index in [0.717, 1.165) is 6.29 Å². The lowest BCUT2D eigenvalue weighted by atomic mass is 10.1. The van der Waals surface area contributed by atoms with Crippen molar-refractivity contribution in [3.63, 3.8) is 0 Å². The van der Waals surface area contributed by atoms with E-state index in [1.807, 2.05) is 6.07 Å². The fourth-order valence-corrected chi connectivity index (χ4v) is 1.65. The summed E-state index contributed by atoms with van der Waals surface area (Å²) in [6.07, 6.45) is 0.750. The Bertz CT molecular complexity index is 649. The summed E-state index contributed by atoms with van der Waals surface area (Å²) >= 11 is 0. The van der Waals surface area contributed by atoms with Gasteiger partial charge < -0.3 is 30.9 Å². The van der Waals surface area contributed by atoms with Gasteiger partial charge in [-0.05, 0) is 18.2 Å². The number of hydrogen-bond acceptors (Lipinski definition) is 7. The number of nitrogens with two attached hydrogens (primary N) is 1. The maximum atomic E-state index is 10.8. The molecular weight excluding hydrogens is 326 g/mol. The molecule has 0 heterocycles. The van der Waals surface area contributed by atoms with Crippen molar-refractivity contribution in [3.05, 3.63) is 59.7 Å². The van der Waals surface area contributed by atoms with Gasteiger partial charge in [-0.25, -0.2) is 0 Å². The van der Waals surface area contributed by atoms with Crippen molar-refractivity contribution in [2.45, 2.75) is 12.1 Å². The van der Waals surface area contributed by atoms with Gasteiger partial charge in [-0.15, -0.1) is 0 Å². The number of ether oxygens (including phenoxy) is 1. The molecule has 0 saturated carbocycles. The molecule has 136 valence electrons. The topological polar surface area (TPSA) is 133 Å². The third-order valence-electron chi connectivity index (χ3n) is 3.37. The number of carbonyl (C=O) groups is 1. The largest absolute Gasteiger partial charge is 0.508 e. The maximum absolute atomic E-state index is 10.8. The van der Waals surface area contributed by atoms with Gasteiger partial charge in [0.25, 0.3) is 0 Å². The lowest BCUT2D eigenvalue weighted by Gasteiger charge is -2.20. The number of aliphatic hydroxyl groups excluding tert-OH is 3. The van der Waals surface area contributed by atoms with Crippen LogP contribution in [0, 0.1) is 0 Å². The minimum absolute atomic E-state index is 0.191. The van der Waals surface area contributed by atoms with Crippen LogP contribution in [-0.4, -0.2) is 52.1 Å². The molecule has 6 N–H and O–H groups in total. The number of aldehydes is 1. The molecule has 0 radical (unpaired) electrons. The Morgan fingerprint density at radius 3 is 2.04 bits per heavy atom. The first-order valence-corrected chi connectivity index (χ1v) is 7.55. The number of benzene rings is 2. The van der Waals surface area contributed by atoms with E-state index in [2.05, 4.69) is 0 Å². The molecule has 0 amide bonds. The van der Waals surface area contributed by atoms with E-state index in [-0.39, 0.29) is 12.4 Å². The van der Waals surface area contributed by atoms with E-state index in [1.54, 1.807) is 42.5 Å². The van der Waals surface area contributed by atoms with Gasteiger partial charge in [0.05, 0.1) is 30.9 Å². The molecule has 0 aliphatic carbocycles. The van der Waals surface area contributed by atoms with Gasteiger partial charge in [0.2, 0.25) is 0 Å². The SMILES string of the molecule is NC(CO)(CO)CO.O=Cc1ccccc1OCc1ccccc1O. The normalized spacial score (nSPS) is 10.6. The smallest absolute Gasteiger partial charge is 0.153 e. The van der Waals surface area contributed by atoms with Crippen LogP contribution < -0.4 is 10.5 Å². The number of phenolic OH excluding ortho intramolecular Hbond substituents is 1. The van der Waals surface area contributed by atoms with Gasteiger partial charge in [0, 0.05) is 5.56 Å². The molecular formula is C18H23NO6. The van der Waals surface area contributed by atoms with Crippen LogP contribution in [-0.2, 0) is 6.61 Å². The summed E-state index contributed by atoms with van der Waals surface area (Å²) in [4.78, 5) is 10.8. The molecule has 2 aromatic rings. The average molecular weight is 349 g/mol. The number of carbonyl (C=O) groups excluding carboxylic acids is 1. The Kier molecular flexibility index (Phi) is 8.59. The monoisotopic (exact) mass is 349 g/mol. The van der Waals surface area contributed by atoms with Gasteiger partial charge in [0.1, 0.15) is 18.1 Å². The van der Waals surface area contributed by atoms with Crippen molar-refractivity contribution in [1.82, 2.24) is 0 Å². The number of aromatic hydroxyl groups is 1. The van der Waals surface area contributed by atoms with E-state index < -0.39 is 25.4 Å². The van der Waals surface area contributed by atoms with Crippen LogP contribution >= 0.6 is 0 Å². The van der Waals surface area contributed by atoms with Crippen molar-refractivity contribution in [2.75, 3.05) is 19.8 Å². The van der Waals surface area contributed by atoms with Gasteiger partial charge in [0.15, 0.2) is 6.29 Å². The van der Waals surface area contributed by atoms with Gasteiger partial charge >= 0.3 is 0 Å². The molecule has 0 bridgehead atoms. The highest BCUT2D eigenvalue weighted by atomic mass is 16.5. The van der Waals surface area contributed by atoms with Crippen LogP contribution in [0.5, 0.6) is 11.5 Å². The Morgan fingerprint density at radius 1 is 0.960 bits per heavy atom. The number of hydrogen-bond donors (Lipinski definition) is 5. The summed E-state index contributed by atoms with van der Waals surface area (Å²) in [6, 6.07) is 13.9. The highest BCUT2D eigenvalue weighted by molar-refractivity contribution is 5.79. The minimum atomic E-state index is -1.21. The van der Waals surface area contributed by atoms with Gasteiger partial charge in [-0.1, -0.05) is 30.3 Å². The summed E-state index contributed by atoms with van der Waals surface area (Å²) in [7, 11) is 0. The fourth-order valence-electron chi connectivity index (χ4n) is 1.65. The molecule has 2 rings (SSSR count). The highest BCUT2D eigenvalue weighted by Crippen LogP contribution is 2.21. The van der Waals surface area contributed by atoms with E-state index in [0.29, 0.717) is 16.9 Å². The zero-order valence-electron chi connectivity index (χ0n) is 13.7. The molecule has 0 fully saturated rings. The summed E-state index contributed by atoms with van der Waals surface area (Å²) in [5.41, 5.74) is 5.13. The Hall–Kier alpha value is -2.45. The molecule has 0 saturated heterocycles. The molecule has 7 nitrogen and oxygen atoms in total. The quantitative estimate of drug-likeness (QED) is 0.458. The van der Waals surface area contributed by atoms with E-state index in [4.69, 9.17) is 25.8 Å². The van der Waals surface area contributed by atoms with Crippen molar-refractivity contribution in [2.24, 2.45) is 5.73 Å². The lowest BCUT2D eigenvalue weighted by Crippen LogP contribution is -2.50. The van der Waals surface area contributed by atoms with Crippen molar-refractivity contribution in [3.8, 4) is 11.5 Å². The number of phenols is 1. The minimum Gasteiger partial charge on any atom is -0.508 e. The summed E-state index contributed by atoms with van der Waals surface area (Å²) < 4.78 is 5.50. The molecule has 0 spiro atoms. The Morgan fingerprint density at radius 2 is 1.52 bits per heavy atom. The summed E-state index contributed by atoms with van der Waals surface area (Å²) in [6.45, 7) is -0.975. The van der Waals surface area contributed by atoms with Crippen LogP contribution in [0.2, 0.25) is 0 Å². The second-order valence-corrected chi connectivity index (χ2v) is 5.41. The predicted molar refractivity (Wildman–Crippen MR) is 92.4 cm³/mol. The first kappa shape index (κ1) is 20.6. The van der Waals surface area contributed by atoms with Gasteiger partial charge in [-0.3, -0.25) is 4.79 Å². The zero-order valence-corrected chi connectivity index (χ0v) is 13.7. The van der Waals surface area contributed by atoms with E-state index in [9.17, 15) is 9.90 Å². The van der Waals surface area contributed by atoms with Crippen LogP contribution in [0.3, 0.4) is 0 Å². The summed E-state index contributed by atoms with van der Waals surface area (Å²) in [5, 5.41) is 34.6. The molecule has 0 aliphatic heterocycles. The lowest BCUT2D eigenvalue weighted by molar-refractivity contribution is 0.0697. The third-order valence-corrected chi connectivity index (χ3v) is 3.37. The first-order chi connectivity index (χ1) is 12.0. The van der Waals surface area contributed by atoms with Gasteiger partial charge in [-0.2, -0.15) is 0 Å². The third kappa shape index (κ3) is 6.52. The van der Waals surface area contributed by atoms with Crippen LogP contribution in [0.25, 0.3) is 0 Å². The van der Waals surface area contributed by atoms with E-state index >= 15 is 0 Å². The number of aliphatic hydroxyl groups is 3. The fraction of sp³-hybridized carbons (Fsp3) is 0.278. The predicted octanol–water partition coefficient (Wildman–Crippen LogP) is 0.445. The molecule has 0 aliphatic rings. The molecule has 0 unspecified atom stereocenters. The van der Waals surface area contributed by atoms with E-state index in [1.165, 1.54) is 0 Å². The number of rotatable bonds is 7. The van der Waals surface area contributed by atoms with Crippen molar-refractivity contribution >= 4 is 6.29 Å². The first-order valence-electron chi connectivity index (χ1n) is 7.55. The molecule has 2 aromatic carbocycles. The Labute approximate surface area is 145 Å². The molecule has 0 aromatic heterocycles. The van der Waals surface area contributed by atoms with Crippen LogP contribution in [0.4, 0.5) is 0 Å². The zero-order chi connectivity index (χ0) is 18.7. The highest BCUT2D eigenvalue weighted by Gasteiger charge is 2.20. The molecule has 25 heavy (non-hydrogen) atoms. The molecule has 7 heteroatoms. The average Bonchev–Trinajstić information content (AvgIpc) is 2.67. The summed E-state index contributed by atoms with van der Waals surface area (Å²) in [5.74, 6) is 0.710. The maximum Gasteiger partial charge on any atom is 0.153 e. The second-order valence-electron chi connectivity index (χ2n) is 5.41. The Balaban J connectivity index is 0.000000333. The van der Waals surface area contributed by atoms with Crippen molar-refractivity contribution in [1.29, 1.82) is 0 Å². The second kappa shape index (κ2) is 10.4. The van der Waals surface area contributed by atoms with Crippen LogP contribution in [0.1, 0.15) is 15.9 Å². The number of para-hydroxylation sites is 2. The standard InChI is InChI=1S/C14H12O3.C4H11NO3/c15-9-11-5-2-4-8-14(11)17-10-12-6-1-3-7-13(12)16;5-4(1-6,2-7)3-8/h1-9,16H,10H2;6-8H,1-3,5H2. The molecule has 0 atom stereocenters. The van der Waals surface area contributed by atoms with Crippen molar-refractivity contribution < 1.29 is 30.0 Å².